The number of benzene rings is 3. The Morgan fingerprint density at radius 2 is 1.58 bits per heavy atom. The summed E-state index contributed by atoms with van der Waals surface area (Å²) in [4.78, 5) is 0. The fraction of sp³-hybridized carbons (Fsp3) is 0.238. The van der Waals surface area contributed by atoms with E-state index in [1.54, 1.807) is 6.07 Å². The molecule has 0 bridgehead atoms. The SMILES string of the molecule is Cl.FC(F)(F)c1cccc(CCCNCc2cccc3ccccc23)c1. The highest BCUT2D eigenvalue weighted by Gasteiger charge is 2.30. The van der Waals surface area contributed by atoms with Crippen LogP contribution in [-0.4, -0.2) is 6.54 Å². The van der Waals surface area contributed by atoms with Gasteiger partial charge in [0, 0.05) is 6.54 Å². The molecule has 1 N–H and O–H groups in total. The van der Waals surface area contributed by atoms with Gasteiger partial charge in [-0.25, -0.2) is 0 Å². The molecule has 0 radical (unpaired) electrons. The lowest BCUT2D eigenvalue weighted by Gasteiger charge is -2.10. The summed E-state index contributed by atoms with van der Waals surface area (Å²) in [5.41, 5.74) is 1.38. The van der Waals surface area contributed by atoms with Crippen molar-refractivity contribution in [3.8, 4) is 0 Å². The standard InChI is InChI=1S/C21H20F3N.ClH/c22-21(23,24)19-11-3-6-16(14-19)7-5-13-25-15-18-10-4-9-17-8-1-2-12-20(17)18;/h1-4,6,8-12,14,25H,5,7,13,15H2;1H. The third kappa shape index (κ3) is 5.23. The second kappa shape index (κ2) is 9.06. The number of hydrogen-bond acceptors (Lipinski definition) is 1. The summed E-state index contributed by atoms with van der Waals surface area (Å²) in [6.07, 6.45) is -2.85. The van der Waals surface area contributed by atoms with E-state index in [-0.39, 0.29) is 12.4 Å². The Balaban J connectivity index is 0.00000243. The Bertz CT molecular complexity index is 841. The Labute approximate surface area is 157 Å². The smallest absolute Gasteiger partial charge is 0.313 e. The van der Waals surface area contributed by atoms with Gasteiger partial charge < -0.3 is 5.32 Å². The van der Waals surface area contributed by atoms with Gasteiger partial charge in [-0.3, -0.25) is 0 Å². The molecule has 0 saturated heterocycles. The van der Waals surface area contributed by atoms with Crippen molar-refractivity contribution in [3.05, 3.63) is 83.4 Å². The molecule has 1 nitrogen and oxygen atoms in total. The minimum atomic E-state index is -4.28. The second-order valence-corrected chi connectivity index (χ2v) is 6.12. The lowest BCUT2D eigenvalue weighted by atomic mass is 10.0. The van der Waals surface area contributed by atoms with Crippen LogP contribution in [0.25, 0.3) is 10.8 Å². The van der Waals surface area contributed by atoms with E-state index >= 15 is 0 Å². The molecule has 0 unspecified atom stereocenters. The zero-order chi connectivity index (χ0) is 17.7. The molecule has 0 atom stereocenters. The van der Waals surface area contributed by atoms with Crippen molar-refractivity contribution in [1.82, 2.24) is 5.32 Å². The van der Waals surface area contributed by atoms with E-state index in [2.05, 4.69) is 29.6 Å². The van der Waals surface area contributed by atoms with Crippen LogP contribution in [0.15, 0.2) is 66.7 Å². The summed E-state index contributed by atoms with van der Waals surface area (Å²) in [7, 11) is 0. The van der Waals surface area contributed by atoms with E-state index < -0.39 is 11.7 Å². The largest absolute Gasteiger partial charge is 0.416 e. The minimum absolute atomic E-state index is 0. The third-order valence-electron chi connectivity index (χ3n) is 4.27. The molecule has 26 heavy (non-hydrogen) atoms. The molecule has 5 heteroatoms. The van der Waals surface area contributed by atoms with Gasteiger partial charge in [0.1, 0.15) is 0 Å². The highest BCUT2D eigenvalue weighted by Crippen LogP contribution is 2.29. The van der Waals surface area contributed by atoms with Crippen LogP contribution in [0.1, 0.15) is 23.1 Å². The van der Waals surface area contributed by atoms with Crippen LogP contribution in [0, 0.1) is 0 Å². The Kier molecular flexibility index (Phi) is 7.06. The average molecular weight is 380 g/mol. The molecule has 0 heterocycles. The summed E-state index contributed by atoms with van der Waals surface area (Å²) in [6, 6.07) is 20.1. The molecule has 3 rings (SSSR count). The number of nitrogens with one attached hydrogen (secondary N) is 1. The molecule has 0 fully saturated rings. The molecular weight excluding hydrogens is 359 g/mol. The maximum absolute atomic E-state index is 12.7. The van der Waals surface area contributed by atoms with Crippen LogP contribution >= 0.6 is 12.4 Å². The molecule has 0 aliphatic rings. The number of halogens is 4. The van der Waals surface area contributed by atoms with Crippen molar-refractivity contribution in [2.75, 3.05) is 6.54 Å². The van der Waals surface area contributed by atoms with Gasteiger partial charge in [-0.05, 0) is 47.4 Å². The quantitative estimate of drug-likeness (QED) is 0.518. The van der Waals surface area contributed by atoms with Crippen LogP contribution in [0.2, 0.25) is 0 Å². The van der Waals surface area contributed by atoms with Gasteiger partial charge in [0.2, 0.25) is 0 Å². The first kappa shape index (κ1) is 20.3. The van der Waals surface area contributed by atoms with Crippen molar-refractivity contribution in [3.63, 3.8) is 0 Å². The number of rotatable bonds is 6. The first-order valence-corrected chi connectivity index (χ1v) is 8.37. The molecule has 3 aromatic rings. The Morgan fingerprint density at radius 1 is 0.846 bits per heavy atom. The molecule has 0 aromatic heterocycles. The number of alkyl halides is 3. The topological polar surface area (TPSA) is 12.0 Å². The first-order valence-electron chi connectivity index (χ1n) is 8.37. The molecular formula is C21H21ClF3N. The molecule has 0 aliphatic heterocycles. The van der Waals surface area contributed by atoms with Gasteiger partial charge in [0.15, 0.2) is 0 Å². The zero-order valence-corrected chi connectivity index (χ0v) is 15.0. The van der Waals surface area contributed by atoms with Crippen LogP contribution in [0.5, 0.6) is 0 Å². The number of aryl methyl sites for hydroxylation is 1. The zero-order valence-electron chi connectivity index (χ0n) is 14.2. The summed E-state index contributed by atoms with van der Waals surface area (Å²) in [6.45, 7) is 1.52. The van der Waals surface area contributed by atoms with Gasteiger partial charge in [-0.15, -0.1) is 12.4 Å². The Hall–Kier alpha value is -2.04. The first-order chi connectivity index (χ1) is 12.0. The number of fused-ring (bicyclic) bond motifs is 1. The monoisotopic (exact) mass is 379 g/mol. The fourth-order valence-electron chi connectivity index (χ4n) is 2.99. The van der Waals surface area contributed by atoms with Crippen LogP contribution in [0.4, 0.5) is 13.2 Å². The van der Waals surface area contributed by atoms with Crippen molar-refractivity contribution in [2.24, 2.45) is 0 Å². The predicted molar refractivity (Wildman–Crippen MR) is 103 cm³/mol. The molecule has 0 aliphatic carbocycles. The summed E-state index contributed by atoms with van der Waals surface area (Å²) in [5.74, 6) is 0. The molecule has 0 spiro atoms. The highest BCUT2D eigenvalue weighted by atomic mass is 35.5. The molecule has 0 amide bonds. The van der Waals surface area contributed by atoms with E-state index in [9.17, 15) is 13.2 Å². The summed E-state index contributed by atoms with van der Waals surface area (Å²) in [5, 5.41) is 5.83. The molecule has 0 saturated carbocycles. The minimum Gasteiger partial charge on any atom is -0.313 e. The highest BCUT2D eigenvalue weighted by molar-refractivity contribution is 5.85. The van der Waals surface area contributed by atoms with E-state index in [1.807, 2.05) is 18.2 Å². The lowest BCUT2D eigenvalue weighted by Crippen LogP contribution is -2.15. The normalized spacial score (nSPS) is 11.3. The van der Waals surface area contributed by atoms with E-state index in [4.69, 9.17) is 0 Å². The van der Waals surface area contributed by atoms with E-state index in [0.29, 0.717) is 6.42 Å². The summed E-state index contributed by atoms with van der Waals surface area (Å²) >= 11 is 0. The fourth-order valence-corrected chi connectivity index (χ4v) is 2.99. The Morgan fingerprint density at radius 3 is 2.38 bits per heavy atom. The van der Waals surface area contributed by atoms with Crippen molar-refractivity contribution < 1.29 is 13.2 Å². The van der Waals surface area contributed by atoms with Gasteiger partial charge in [0.25, 0.3) is 0 Å². The van der Waals surface area contributed by atoms with Gasteiger partial charge >= 0.3 is 6.18 Å². The maximum Gasteiger partial charge on any atom is 0.416 e. The summed E-state index contributed by atoms with van der Waals surface area (Å²) < 4.78 is 38.1. The van der Waals surface area contributed by atoms with Crippen LogP contribution in [-0.2, 0) is 19.1 Å². The molecule has 3 aromatic carbocycles. The van der Waals surface area contributed by atoms with E-state index in [1.165, 1.54) is 28.5 Å². The second-order valence-electron chi connectivity index (χ2n) is 6.12. The van der Waals surface area contributed by atoms with Crippen molar-refractivity contribution >= 4 is 23.2 Å². The predicted octanol–water partition coefficient (Wildman–Crippen LogP) is 6.00. The van der Waals surface area contributed by atoms with Crippen molar-refractivity contribution in [2.45, 2.75) is 25.6 Å². The van der Waals surface area contributed by atoms with E-state index in [0.717, 1.165) is 31.1 Å². The van der Waals surface area contributed by atoms with Crippen LogP contribution in [0.3, 0.4) is 0 Å². The van der Waals surface area contributed by atoms with Gasteiger partial charge in [-0.1, -0.05) is 60.7 Å². The third-order valence-corrected chi connectivity index (χ3v) is 4.27. The maximum atomic E-state index is 12.7. The van der Waals surface area contributed by atoms with Crippen molar-refractivity contribution in [1.29, 1.82) is 0 Å². The van der Waals surface area contributed by atoms with Crippen LogP contribution < -0.4 is 5.32 Å². The number of hydrogen-bond donors (Lipinski definition) is 1. The average Bonchev–Trinajstić information content (AvgIpc) is 2.61. The molecule has 138 valence electrons. The van der Waals surface area contributed by atoms with Gasteiger partial charge in [0.05, 0.1) is 5.56 Å². The van der Waals surface area contributed by atoms with Gasteiger partial charge in [-0.2, -0.15) is 13.2 Å². The lowest BCUT2D eigenvalue weighted by molar-refractivity contribution is -0.137.